The van der Waals surface area contributed by atoms with E-state index in [1.165, 1.54) is 17.0 Å². The lowest BCUT2D eigenvalue weighted by Gasteiger charge is -2.25. The van der Waals surface area contributed by atoms with Gasteiger partial charge >= 0.3 is 5.97 Å². The van der Waals surface area contributed by atoms with E-state index in [-0.39, 0.29) is 18.0 Å². The van der Waals surface area contributed by atoms with E-state index < -0.39 is 5.97 Å². The van der Waals surface area contributed by atoms with Crippen molar-refractivity contribution in [3.8, 4) is 0 Å². The number of benzene rings is 1. The van der Waals surface area contributed by atoms with Crippen molar-refractivity contribution in [1.82, 2.24) is 4.90 Å². The minimum Gasteiger partial charge on any atom is -0.478 e. The number of amides is 1. The van der Waals surface area contributed by atoms with Crippen molar-refractivity contribution in [2.45, 2.75) is 6.92 Å². The van der Waals surface area contributed by atoms with Crippen molar-refractivity contribution in [3.63, 3.8) is 0 Å². The van der Waals surface area contributed by atoms with E-state index in [0.29, 0.717) is 17.9 Å². The van der Waals surface area contributed by atoms with Crippen LogP contribution in [0.2, 0.25) is 0 Å². The number of carbonyl (C=O) groups is 2. The van der Waals surface area contributed by atoms with Crippen LogP contribution in [0.3, 0.4) is 0 Å². The molecule has 1 aromatic rings. The zero-order valence-corrected chi connectivity index (χ0v) is 11.4. The predicted molar refractivity (Wildman–Crippen MR) is 74.4 cm³/mol. The number of carboxylic acid groups (broad SMARTS) is 1. The fraction of sp³-hybridized carbons (Fsp3) is 0.385. The van der Waals surface area contributed by atoms with Crippen molar-refractivity contribution in [1.29, 1.82) is 0 Å². The van der Waals surface area contributed by atoms with Crippen molar-refractivity contribution in [2.75, 3.05) is 37.8 Å². The van der Waals surface area contributed by atoms with Gasteiger partial charge in [-0.05, 0) is 25.1 Å². The molecule has 0 aliphatic heterocycles. The zero-order valence-electron chi connectivity index (χ0n) is 11.4. The molecule has 0 radical (unpaired) electrons. The molecule has 0 spiro atoms. The Kier molecular flexibility index (Phi) is 4.74. The lowest BCUT2D eigenvalue weighted by atomic mass is 10.1. The Balaban J connectivity index is 3.13. The number of carbonyl (C=O) groups excluding carboxylic acids is 1. The Morgan fingerprint density at radius 1 is 1.32 bits per heavy atom. The van der Waals surface area contributed by atoms with Gasteiger partial charge in [0, 0.05) is 26.3 Å². The highest BCUT2D eigenvalue weighted by molar-refractivity contribution is 5.96. The number of hydrogen-bond donors (Lipinski definition) is 2. The number of hydrogen-bond acceptors (Lipinski definition) is 4. The Morgan fingerprint density at radius 2 is 1.95 bits per heavy atom. The number of carboxylic acids is 1. The molecule has 0 heterocycles. The maximum atomic E-state index is 11.8. The molecule has 0 bridgehead atoms. The molecule has 0 saturated carbocycles. The number of anilines is 2. The van der Waals surface area contributed by atoms with E-state index in [2.05, 4.69) is 0 Å². The quantitative estimate of drug-likeness (QED) is 0.772. The normalized spacial score (nSPS) is 10.1. The molecule has 0 saturated heterocycles. The molecular formula is C13H19N3O3. The molecule has 1 aromatic carbocycles. The van der Waals surface area contributed by atoms with Crippen LogP contribution >= 0.6 is 0 Å². The van der Waals surface area contributed by atoms with Gasteiger partial charge in [-0.3, -0.25) is 4.79 Å². The van der Waals surface area contributed by atoms with Gasteiger partial charge in [0.25, 0.3) is 0 Å². The lowest BCUT2D eigenvalue weighted by molar-refractivity contribution is -0.127. The van der Waals surface area contributed by atoms with Gasteiger partial charge in [0.05, 0.1) is 17.8 Å². The molecule has 6 nitrogen and oxygen atoms in total. The molecule has 1 amide bonds. The first-order valence-corrected chi connectivity index (χ1v) is 5.94. The van der Waals surface area contributed by atoms with Crippen molar-refractivity contribution in [3.05, 3.63) is 23.8 Å². The Hall–Kier alpha value is -2.24. The molecule has 6 heteroatoms. The second-order valence-electron chi connectivity index (χ2n) is 4.38. The summed E-state index contributed by atoms with van der Waals surface area (Å²) in [5.74, 6) is -1.13. The molecule has 0 aromatic heterocycles. The van der Waals surface area contributed by atoms with Gasteiger partial charge < -0.3 is 20.6 Å². The fourth-order valence-corrected chi connectivity index (χ4v) is 1.66. The van der Waals surface area contributed by atoms with Gasteiger partial charge in [-0.25, -0.2) is 4.79 Å². The fourth-order valence-electron chi connectivity index (χ4n) is 1.66. The largest absolute Gasteiger partial charge is 0.478 e. The second kappa shape index (κ2) is 6.08. The molecule has 0 aliphatic carbocycles. The number of rotatable bonds is 5. The molecule has 19 heavy (non-hydrogen) atoms. The number of nitrogens with two attached hydrogens (primary N) is 1. The van der Waals surface area contributed by atoms with Crippen LogP contribution in [0.5, 0.6) is 0 Å². The third kappa shape index (κ3) is 3.61. The van der Waals surface area contributed by atoms with Crippen LogP contribution < -0.4 is 10.6 Å². The molecule has 0 fully saturated rings. The minimum absolute atomic E-state index is 0.0967. The highest BCUT2D eigenvalue weighted by Crippen LogP contribution is 2.23. The molecule has 0 aliphatic rings. The van der Waals surface area contributed by atoms with E-state index in [1.807, 2.05) is 6.92 Å². The summed E-state index contributed by atoms with van der Waals surface area (Å²) in [5.41, 5.74) is 6.77. The standard InChI is InChI=1S/C13H19N3O3/c1-4-16(8-12(17)15(2)3)11-7-9(14)5-6-10(11)13(18)19/h5-7H,4,8,14H2,1-3H3,(H,18,19). The molecule has 0 unspecified atom stereocenters. The van der Waals surface area contributed by atoms with Crippen LogP contribution in [0.4, 0.5) is 11.4 Å². The second-order valence-corrected chi connectivity index (χ2v) is 4.38. The molecule has 104 valence electrons. The Bertz CT molecular complexity index is 486. The number of nitrogen functional groups attached to an aromatic ring is 1. The maximum absolute atomic E-state index is 11.8. The third-order valence-electron chi connectivity index (χ3n) is 2.80. The van der Waals surface area contributed by atoms with E-state index in [4.69, 9.17) is 5.73 Å². The van der Waals surface area contributed by atoms with E-state index in [9.17, 15) is 14.7 Å². The van der Waals surface area contributed by atoms with Gasteiger partial charge in [0.2, 0.25) is 5.91 Å². The van der Waals surface area contributed by atoms with Gasteiger partial charge in [0.15, 0.2) is 0 Å². The first-order valence-electron chi connectivity index (χ1n) is 5.94. The number of likely N-dealkylation sites (N-methyl/N-ethyl adjacent to an activating group) is 2. The zero-order chi connectivity index (χ0) is 14.6. The van der Waals surface area contributed by atoms with Crippen LogP contribution in [-0.2, 0) is 4.79 Å². The van der Waals surface area contributed by atoms with E-state index in [0.717, 1.165) is 0 Å². The van der Waals surface area contributed by atoms with Crippen LogP contribution in [0.25, 0.3) is 0 Å². The topological polar surface area (TPSA) is 86.9 Å². The lowest BCUT2D eigenvalue weighted by Crippen LogP contribution is -2.37. The van der Waals surface area contributed by atoms with Gasteiger partial charge in [-0.2, -0.15) is 0 Å². The van der Waals surface area contributed by atoms with Crippen LogP contribution in [-0.4, -0.2) is 49.1 Å². The molecule has 0 atom stereocenters. The Morgan fingerprint density at radius 3 is 2.42 bits per heavy atom. The summed E-state index contributed by atoms with van der Waals surface area (Å²) in [6.07, 6.45) is 0. The van der Waals surface area contributed by atoms with Gasteiger partial charge in [-0.15, -0.1) is 0 Å². The average Bonchev–Trinajstić information content (AvgIpc) is 2.34. The van der Waals surface area contributed by atoms with E-state index >= 15 is 0 Å². The van der Waals surface area contributed by atoms with Gasteiger partial charge in [0.1, 0.15) is 0 Å². The molecule has 3 N–H and O–H groups in total. The van der Waals surface area contributed by atoms with Crippen LogP contribution in [0, 0.1) is 0 Å². The number of aromatic carboxylic acids is 1. The van der Waals surface area contributed by atoms with Crippen LogP contribution in [0.15, 0.2) is 18.2 Å². The minimum atomic E-state index is -1.04. The molecule has 1 rings (SSSR count). The summed E-state index contributed by atoms with van der Waals surface area (Å²) in [7, 11) is 3.32. The highest BCUT2D eigenvalue weighted by Gasteiger charge is 2.18. The molecular weight excluding hydrogens is 246 g/mol. The average molecular weight is 265 g/mol. The first-order chi connectivity index (χ1) is 8.86. The Labute approximate surface area is 112 Å². The van der Waals surface area contributed by atoms with Crippen molar-refractivity contribution >= 4 is 23.3 Å². The predicted octanol–water partition coefficient (Wildman–Crippen LogP) is 0.881. The smallest absolute Gasteiger partial charge is 0.337 e. The maximum Gasteiger partial charge on any atom is 0.337 e. The summed E-state index contributed by atoms with van der Waals surface area (Å²) in [6, 6.07) is 4.57. The van der Waals surface area contributed by atoms with E-state index in [1.54, 1.807) is 25.1 Å². The first kappa shape index (κ1) is 14.8. The summed E-state index contributed by atoms with van der Waals surface area (Å²) in [4.78, 5) is 26.1. The summed E-state index contributed by atoms with van der Waals surface area (Å²) < 4.78 is 0. The monoisotopic (exact) mass is 265 g/mol. The highest BCUT2D eigenvalue weighted by atomic mass is 16.4. The van der Waals surface area contributed by atoms with Crippen molar-refractivity contribution in [2.24, 2.45) is 0 Å². The van der Waals surface area contributed by atoms with Gasteiger partial charge in [-0.1, -0.05) is 0 Å². The number of nitrogens with zero attached hydrogens (tertiary/aromatic N) is 2. The summed E-state index contributed by atoms with van der Waals surface area (Å²) >= 11 is 0. The third-order valence-corrected chi connectivity index (χ3v) is 2.80. The summed E-state index contributed by atoms with van der Waals surface area (Å²) in [6.45, 7) is 2.49. The van der Waals surface area contributed by atoms with Crippen LogP contribution in [0.1, 0.15) is 17.3 Å². The summed E-state index contributed by atoms with van der Waals surface area (Å²) in [5, 5.41) is 9.18. The van der Waals surface area contributed by atoms with Crippen molar-refractivity contribution < 1.29 is 14.7 Å². The SMILES string of the molecule is CCN(CC(=O)N(C)C)c1cc(N)ccc1C(=O)O.